The Labute approximate surface area is 91.9 Å². The number of ether oxygens (including phenoxy) is 1. The predicted octanol–water partition coefficient (Wildman–Crippen LogP) is 3.91. The molecular formula is C12H11F3O. The molecular weight excluding hydrogens is 217 g/mol. The van der Waals surface area contributed by atoms with Crippen molar-refractivity contribution in [2.75, 3.05) is 6.61 Å². The van der Waals surface area contributed by atoms with Crippen LogP contribution in [0.1, 0.15) is 11.1 Å². The molecule has 0 fully saturated rings. The van der Waals surface area contributed by atoms with Crippen molar-refractivity contribution in [2.24, 2.45) is 0 Å². The van der Waals surface area contributed by atoms with E-state index in [-0.39, 0.29) is 5.75 Å². The Morgan fingerprint density at radius 2 is 1.88 bits per heavy atom. The first kappa shape index (κ1) is 12.4. The Morgan fingerprint density at radius 1 is 1.19 bits per heavy atom. The molecule has 0 heterocycles. The van der Waals surface area contributed by atoms with E-state index in [1.54, 1.807) is 12.1 Å². The van der Waals surface area contributed by atoms with Crippen molar-refractivity contribution in [1.29, 1.82) is 0 Å². The number of halogens is 3. The Kier molecular flexibility index (Phi) is 3.77. The molecule has 1 aromatic rings. The lowest BCUT2D eigenvalue weighted by Gasteiger charge is -2.12. The van der Waals surface area contributed by atoms with Crippen LogP contribution in [0.5, 0.6) is 5.75 Å². The Balaban J connectivity index is 2.95. The molecule has 0 unspecified atom stereocenters. The summed E-state index contributed by atoms with van der Waals surface area (Å²) in [6.45, 7) is 5.79. The van der Waals surface area contributed by atoms with Gasteiger partial charge in [-0.3, -0.25) is 0 Å². The standard InChI is InChI=1S/C12H11F3O/c1-3-9-6-5-7-11(10(9)4-2)16-8-12(13,14)15/h3-7H,1-2,8H2. The van der Waals surface area contributed by atoms with E-state index in [1.165, 1.54) is 18.2 Å². The van der Waals surface area contributed by atoms with E-state index in [1.807, 2.05) is 0 Å². The molecule has 0 aliphatic carbocycles. The first-order valence-electron chi connectivity index (χ1n) is 4.55. The molecule has 1 rings (SSSR count). The topological polar surface area (TPSA) is 9.23 Å². The summed E-state index contributed by atoms with van der Waals surface area (Å²) in [7, 11) is 0. The third kappa shape index (κ3) is 3.15. The maximum absolute atomic E-state index is 12.0. The molecule has 0 atom stereocenters. The summed E-state index contributed by atoms with van der Waals surface area (Å²) in [5.41, 5.74) is 1.21. The molecule has 4 heteroatoms. The summed E-state index contributed by atoms with van der Waals surface area (Å²) in [5.74, 6) is 0.157. The van der Waals surface area contributed by atoms with Gasteiger partial charge in [-0.05, 0) is 11.6 Å². The average molecular weight is 228 g/mol. The zero-order chi connectivity index (χ0) is 12.2. The van der Waals surface area contributed by atoms with Gasteiger partial charge < -0.3 is 4.74 Å². The van der Waals surface area contributed by atoms with Crippen LogP contribution in [0, 0.1) is 0 Å². The highest BCUT2D eigenvalue weighted by molar-refractivity contribution is 5.68. The van der Waals surface area contributed by atoms with Crippen LogP contribution in [-0.4, -0.2) is 12.8 Å². The van der Waals surface area contributed by atoms with Crippen LogP contribution >= 0.6 is 0 Å². The van der Waals surface area contributed by atoms with Gasteiger partial charge in [-0.2, -0.15) is 13.2 Å². The first-order valence-corrected chi connectivity index (χ1v) is 4.55. The summed E-state index contributed by atoms with van der Waals surface area (Å²) < 4.78 is 40.7. The second-order valence-electron chi connectivity index (χ2n) is 3.07. The van der Waals surface area contributed by atoms with Crippen molar-refractivity contribution in [3.05, 3.63) is 42.5 Å². The molecule has 0 aliphatic rings. The second kappa shape index (κ2) is 4.88. The van der Waals surface area contributed by atoms with Crippen LogP contribution in [0.3, 0.4) is 0 Å². The van der Waals surface area contributed by atoms with Crippen molar-refractivity contribution in [3.8, 4) is 5.75 Å². The highest BCUT2D eigenvalue weighted by Gasteiger charge is 2.28. The molecule has 0 saturated carbocycles. The molecule has 0 aromatic heterocycles. The lowest BCUT2D eigenvalue weighted by Crippen LogP contribution is -2.19. The third-order valence-corrected chi connectivity index (χ3v) is 1.92. The fraction of sp³-hybridized carbons (Fsp3) is 0.167. The number of hydrogen-bond acceptors (Lipinski definition) is 1. The van der Waals surface area contributed by atoms with Gasteiger partial charge in [0.15, 0.2) is 6.61 Å². The van der Waals surface area contributed by atoms with Crippen LogP contribution in [-0.2, 0) is 0 Å². The molecule has 0 radical (unpaired) electrons. The molecule has 0 saturated heterocycles. The van der Waals surface area contributed by atoms with E-state index in [0.29, 0.717) is 11.1 Å². The highest BCUT2D eigenvalue weighted by Crippen LogP contribution is 2.26. The third-order valence-electron chi connectivity index (χ3n) is 1.92. The van der Waals surface area contributed by atoms with Gasteiger partial charge in [-0.25, -0.2) is 0 Å². The van der Waals surface area contributed by atoms with Crippen molar-refractivity contribution in [3.63, 3.8) is 0 Å². The predicted molar refractivity (Wildman–Crippen MR) is 58.2 cm³/mol. The summed E-state index contributed by atoms with van der Waals surface area (Å²) in [6, 6.07) is 4.80. The molecule has 1 aromatic carbocycles. The van der Waals surface area contributed by atoms with Gasteiger partial charge in [0.25, 0.3) is 0 Å². The van der Waals surface area contributed by atoms with E-state index >= 15 is 0 Å². The minimum atomic E-state index is -4.34. The maximum atomic E-state index is 12.0. The van der Waals surface area contributed by atoms with Gasteiger partial charge >= 0.3 is 6.18 Å². The zero-order valence-electron chi connectivity index (χ0n) is 8.55. The fourth-order valence-corrected chi connectivity index (χ4v) is 1.24. The van der Waals surface area contributed by atoms with Gasteiger partial charge in [-0.15, -0.1) is 0 Å². The highest BCUT2D eigenvalue weighted by atomic mass is 19.4. The van der Waals surface area contributed by atoms with Crippen molar-refractivity contribution in [1.82, 2.24) is 0 Å². The molecule has 0 spiro atoms. The van der Waals surface area contributed by atoms with Gasteiger partial charge in [0.05, 0.1) is 0 Å². The van der Waals surface area contributed by atoms with Crippen molar-refractivity contribution in [2.45, 2.75) is 6.18 Å². The lowest BCUT2D eigenvalue weighted by molar-refractivity contribution is -0.153. The van der Waals surface area contributed by atoms with E-state index in [9.17, 15) is 13.2 Å². The molecule has 0 N–H and O–H groups in total. The fourth-order valence-electron chi connectivity index (χ4n) is 1.24. The SMILES string of the molecule is C=Cc1cccc(OCC(F)(F)F)c1C=C. The Bertz CT molecular complexity index is 394. The lowest BCUT2D eigenvalue weighted by atomic mass is 10.1. The van der Waals surface area contributed by atoms with Gasteiger partial charge in [0.1, 0.15) is 5.75 Å². The van der Waals surface area contributed by atoms with Crippen LogP contribution in [0.4, 0.5) is 13.2 Å². The van der Waals surface area contributed by atoms with E-state index < -0.39 is 12.8 Å². The number of benzene rings is 1. The Hall–Kier alpha value is -1.71. The first-order chi connectivity index (χ1) is 7.48. The van der Waals surface area contributed by atoms with Crippen molar-refractivity contribution >= 4 is 12.2 Å². The number of hydrogen-bond donors (Lipinski definition) is 0. The van der Waals surface area contributed by atoms with E-state index in [2.05, 4.69) is 13.2 Å². The van der Waals surface area contributed by atoms with Crippen LogP contribution in [0.2, 0.25) is 0 Å². The number of alkyl halides is 3. The zero-order valence-corrected chi connectivity index (χ0v) is 8.55. The maximum Gasteiger partial charge on any atom is 0.422 e. The number of rotatable bonds is 4. The summed E-state index contributed by atoms with van der Waals surface area (Å²) in [5, 5.41) is 0. The van der Waals surface area contributed by atoms with Crippen LogP contribution in [0.25, 0.3) is 12.2 Å². The molecule has 0 bridgehead atoms. The second-order valence-corrected chi connectivity index (χ2v) is 3.07. The molecule has 1 nitrogen and oxygen atoms in total. The van der Waals surface area contributed by atoms with Gasteiger partial charge in [0.2, 0.25) is 0 Å². The van der Waals surface area contributed by atoms with E-state index in [0.717, 1.165) is 0 Å². The normalized spacial score (nSPS) is 10.9. The Morgan fingerprint density at radius 3 is 2.38 bits per heavy atom. The minimum absolute atomic E-state index is 0.157. The largest absolute Gasteiger partial charge is 0.483 e. The summed E-state index contributed by atoms with van der Waals surface area (Å²) >= 11 is 0. The quantitative estimate of drug-likeness (QED) is 0.759. The average Bonchev–Trinajstić information content (AvgIpc) is 2.24. The van der Waals surface area contributed by atoms with Crippen LogP contribution in [0.15, 0.2) is 31.4 Å². The van der Waals surface area contributed by atoms with Crippen LogP contribution < -0.4 is 4.74 Å². The monoisotopic (exact) mass is 228 g/mol. The van der Waals surface area contributed by atoms with E-state index in [4.69, 9.17) is 4.74 Å². The van der Waals surface area contributed by atoms with Gasteiger partial charge in [-0.1, -0.05) is 37.4 Å². The molecule has 86 valence electrons. The molecule has 0 amide bonds. The molecule has 0 aliphatic heterocycles. The minimum Gasteiger partial charge on any atom is -0.483 e. The smallest absolute Gasteiger partial charge is 0.422 e. The van der Waals surface area contributed by atoms with Crippen molar-refractivity contribution < 1.29 is 17.9 Å². The summed E-state index contributed by atoms with van der Waals surface area (Å²) in [6.07, 6.45) is -1.36. The van der Waals surface area contributed by atoms with Gasteiger partial charge in [0, 0.05) is 5.56 Å². The summed E-state index contributed by atoms with van der Waals surface area (Å²) in [4.78, 5) is 0. The molecule has 16 heavy (non-hydrogen) atoms.